The first-order chi connectivity index (χ1) is 7.90. The van der Waals surface area contributed by atoms with Gasteiger partial charge in [-0.3, -0.25) is 10.1 Å². The molecule has 0 atom stereocenters. The zero-order valence-electron chi connectivity index (χ0n) is 10.4. The molecule has 0 spiro atoms. The van der Waals surface area contributed by atoms with E-state index in [0.29, 0.717) is 0 Å². The van der Waals surface area contributed by atoms with Crippen LogP contribution in [0.3, 0.4) is 0 Å². The highest BCUT2D eigenvalue weighted by molar-refractivity contribution is 7.99. The molecule has 0 fully saturated rings. The van der Waals surface area contributed by atoms with Crippen molar-refractivity contribution >= 4 is 17.4 Å². The Balaban J connectivity index is 2.49. The third-order valence-electron chi connectivity index (χ3n) is 2.08. The molecule has 0 radical (unpaired) electrons. The van der Waals surface area contributed by atoms with Crippen molar-refractivity contribution < 1.29 is 4.92 Å². The molecule has 0 unspecified atom stereocenters. The Morgan fingerprint density at radius 1 is 1.35 bits per heavy atom. The molecule has 1 aromatic carbocycles. The predicted molar refractivity (Wildman–Crippen MR) is 71.6 cm³/mol. The maximum absolute atomic E-state index is 10.8. The van der Waals surface area contributed by atoms with Crippen LogP contribution in [-0.4, -0.2) is 22.8 Å². The van der Waals surface area contributed by atoms with E-state index in [4.69, 9.17) is 0 Å². The Morgan fingerprint density at radius 3 is 2.59 bits per heavy atom. The van der Waals surface area contributed by atoms with Gasteiger partial charge in [-0.15, -0.1) is 11.8 Å². The maximum Gasteiger partial charge on any atom is 0.282 e. The van der Waals surface area contributed by atoms with Gasteiger partial charge >= 0.3 is 0 Å². The molecule has 0 aliphatic rings. The quantitative estimate of drug-likeness (QED) is 0.380. The molecule has 0 amide bonds. The zero-order valence-corrected chi connectivity index (χ0v) is 11.2. The molecule has 0 saturated heterocycles. The summed E-state index contributed by atoms with van der Waals surface area (Å²) in [5.41, 5.74) is 0.275. The first kappa shape index (κ1) is 14.0. The number of nitrogens with one attached hydrogen (secondary N) is 1. The van der Waals surface area contributed by atoms with Gasteiger partial charge in [-0.25, -0.2) is 0 Å². The summed E-state index contributed by atoms with van der Waals surface area (Å²) in [5, 5.41) is 14.1. The van der Waals surface area contributed by atoms with Gasteiger partial charge < -0.3 is 5.32 Å². The molecule has 4 nitrogen and oxygen atoms in total. The number of nitro benzene ring substituents is 1. The topological polar surface area (TPSA) is 55.2 Å². The number of thioether (sulfide) groups is 1. The lowest BCUT2D eigenvalue weighted by atomic mass is 10.1. The van der Waals surface area contributed by atoms with Gasteiger partial charge in [0, 0.05) is 23.9 Å². The molecule has 0 aliphatic heterocycles. The smallest absolute Gasteiger partial charge is 0.282 e. The number of nitro groups is 1. The molecule has 1 rings (SSSR count). The molecule has 0 heterocycles. The van der Waals surface area contributed by atoms with Crippen LogP contribution in [0.25, 0.3) is 0 Å². The van der Waals surface area contributed by atoms with E-state index < -0.39 is 0 Å². The van der Waals surface area contributed by atoms with Gasteiger partial charge in [-0.05, 0) is 26.8 Å². The number of para-hydroxylation sites is 1. The van der Waals surface area contributed by atoms with Crippen LogP contribution in [0, 0.1) is 10.1 Å². The molecule has 1 aromatic rings. The van der Waals surface area contributed by atoms with Crippen LogP contribution in [0.2, 0.25) is 0 Å². The highest BCUT2D eigenvalue weighted by Crippen LogP contribution is 2.28. The van der Waals surface area contributed by atoms with Crippen molar-refractivity contribution in [1.29, 1.82) is 0 Å². The van der Waals surface area contributed by atoms with Gasteiger partial charge in [0.25, 0.3) is 5.69 Å². The molecule has 0 bridgehead atoms. The van der Waals surface area contributed by atoms with Crippen LogP contribution < -0.4 is 5.32 Å². The SMILES string of the molecule is CC(C)(C)NCCSc1ccccc1[N+](=O)[O-]. The zero-order chi connectivity index (χ0) is 12.9. The van der Waals surface area contributed by atoms with E-state index in [1.54, 1.807) is 18.2 Å². The fourth-order valence-electron chi connectivity index (χ4n) is 1.32. The van der Waals surface area contributed by atoms with Crippen molar-refractivity contribution in [3.05, 3.63) is 34.4 Å². The van der Waals surface area contributed by atoms with E-state index in [0.717, 1.165) is 17.2 Å². The first-order valence-electron chi connectivity index (χ1n) is 5.51. The molecular formula is C12H18N2O2S. The summed E-state index contributed by atoms with van der Waals surface area (Å²) >= 11 is 1.51. The average Bonchev–Trinajstić information content (AvgIpc) is 2.23. The normalized spacial score (nSPS) is 11.5. The highest BCUT2D eigenvalue weighted by Gasteiger charge is 2.13. The summed E-state index contributed by atoms with van der Waals surface area (Å²) in [5.74, 6) is 0.822. The number of hydrogen-bond donors (Lipinski definition) is 1. The van der Waals surface area contributed by atoms with Crippen molar-refractivity contribution in [2.24, 2.45) is 0 Å². The maximum atomic E-state index is 10.8. The van der Waals surface area contributed by atoms with E-state index in [1.807, 2.05) is 6.07 Å². The minimum atomic E-state index is -0.334. The van der Waals surface area contributed by atoms with Crippen molar-refractivity contribution in [2.75, 3.05) is 12.3 Å². The Kier molecular flexibility index (Phi) is 4.96. The molecule has 0 aromatic heterocycles. The molecule has 94 valence electrons. The molecule has 5 heteroatoms. The predicted octanol–water partition coefficient (Wildman–Crippen LogP) is 3.08. The van der Waals surface area contributed by atoms with Crippen LogP contribution in [0.15, 0.2) is 29.2 Å². The van der Waals surface area contributed by atoms with Crippen molar-refractivity contribution in [1.82, 2.24) is 5.32 Å². The highest BCUT2D eigenvalue weighted by atomic mass is 32.2. The Bertz CT molecular complexity index is 388. The summed E-state index contributed by atoms with van der Waals surface area (Å²) in [7, 11) is 0. The number of rotatable bonds is 5. The summed E-state index contributed by atoms with van der Waals surface area (Å²) in [6, 6.07) is 6.85. The second-order valence-electron chi connectivity index (χ2n) is 4.75. The van der Waals surface area contributed by atoms with E-state index in [-0.39, 0.29) is 16.1 Å². The minimum Gasteiger partial charge on any atom is -0.311 e. The van der Waals surface area contributed by atoms with Crippen molar-refractivity contribution in [2.45, 2.75) is 31.2 Å². The molecule has 17 heavy (non-hydrogen) atoms. The lowest BCUT2D eigenvalue weighted by molar-refractivity contribution is -0.387. The van der Waals surface area contributed by atoms with E-state index in [1.165, 1.54) is 11.8 Å². The minimum absolute atomic E-state index is 0.0865. The summed E-state index contributed by atoms with van der Waals surface area (Å²) in [6.07, 6.45) is 0. The van der Waals surface area contributed by atoms with Crippen LogP contribution >= 0.6 is 11.8 Å². The van der Waals surface area contributed by atoms with Gasteiger partial charge in [0.05, 0.1) is 9.82 Å². The summed E-state index contributed by atoms with van der Waals surface area (Å²) in [4.78, 5) is 11.2. The first-order valence-corrected chi connectivity index (χ1v) is 6.50. The Morgan fingerprint density at radius 2 is 2.00 bits per heavy atom. The monoisotopic (exact) mass is 254 g/mol. The lowest BCUT2D eigenvalue weighted by Gasteiger charge is -2.20. The fourth-order valence-corrected chi connectivity index (χ4v) is 2.21. The standard InChI is InChI=1S/C12H18N2O2S/c1-12(2,3)13-8-9-17-11-7-5-4-6-10(11)14(15)16/h4-7,13H,8-9H2,1-3H3. The summed E-state index contributed by atoms with van der Waals surface area (Å²) in [6.45, 7) is 7.13. The molecular weight excluding hydrogens is 236 g/mol. The van der Waals surface area contributed by atoms with E-state index in [2.05, 4.69) is 26.1 Å². The number of hydrogen-bond acceptors (Lipinski definition) is 4. The Labute approximate surface area is 106 Å². The fraction of sp³-hybridized carbons (Fsp3) is 0.500. The number of benzene rings is 1. The van der Waals surface area contributed by atoms with Gasteiger partial charge in [-0.2, -0.15) is 0 Å². The van der Waals surface area contributed by atoms with Crippen LogP contribution in [0.5, 0.6) is 0 Å². The molecule has 0 saturated carbocycles. The van der Waals surface area contributed by atoms with E-state index in [9.17, 15) is 10.1 Å². The van der Waals surface area contributed by atoms with Crippen LogP contribution in [0.1, 0.15) is 20.8 Å². The summed E-state index contributed by atoms with van der Waals surface area (Å²) < 4.78 is 0. The third-order valence-corrected chi connectivity index (χ3v) is 3.14. The Hall–Kier alpha value is -1.07. The largest absolute Gasteiger partial charge is 0.311 e. The second kappa shape index (κ2) is 6.02. The van der Waals surface area contributed by atoms with Crippen LogP contribution in [0.4, 0.5) is 5.69 Å². The average molecular weight is 254 g/mol. The van der Waals surface area contributed by atoms with Crippen molar-refractivity contribution in [3.63, 3.8) is 0 Å². The lowest BCUT2D eigenvalue weighted by Crippen LogP contribution is -2.37. The van der Waals surface area contributed by atoms with Gasteiger partial charge in [-0.1, -0.05) is 12.1 Å². The van der Waals surface area contributed by atoms with Crippen LogP contribution in [-0.2, 0) is 0 Å². The van der Waals surface area contributed by atoms with E-state index >= 15 is 0 Å². The van der Waals surface area contributed by atoms with Gasteiger partial charge in [0.1, 0.15) is 0 Å². The van der Waals surface area contributed by atoms with Gasteiger partial charge in [0.15, 0.2) is 0 Å². The number of nitrogens with zero attached hydrogens (tertiary/aromatic N) is 1. The molecule has 0 aliphatic carbocycles. The van der Waals surface area contributed by atoms with Gasteiger partial charge in [0.2, 0.25) is 0 Å². The molecule has 1 N–H and O–H groups in total. The van der Waals surface area contributed by atoms with Crippen molar-refractivity contribution in [3.8, 4) is 0 Å². The second-order valence-corrected chi connectivity index (χ2v) is 5.89. The third kappa shape index (κ3) is 5.19.